The number of unbranched alkanes of at least 4 members (excludes halogenated alkanes) is 1. The molecule has 1 atom stereocenters. The van der Waals surface area contributed by atoms with E-state index in [0.29, 0.717) is 19.1 Å². The number of rotatable bonds is 6. The lowest BCUT2D eigenvalue weighted by Gasteiger charge is -2.05. The third kappa shape index (κ3) is 9.57. The Morgan fingerprint density at radius 1 is 1.07 bits per heavy atom. The summed E-state index contributed by atoms with van der Waals surface area (Å²) in [5.74, 6) is 6.91. The molecule has 0 aliphatic carbocycles. The summed E-state index contributed by atoms with van der Waals surface area (Å²) < 4.78 is 0. The first kappa shape index (κ1) is 13.5. The van der Waals surface area contributed by atoms with Gasteiger partial charge in [0.1, 0.15) is 0 Å². The summed E-state index contributed by atoms with van der Waals surface area (Å²) in [5.41, 5.74) is 0. The fraction of sp³-hybridized carbons (Fsp3) is 0.833. The van der Waals surface area contributed by atoms with Crippen LogP contribution in [0.3, 0.4) is 0 Å². The summed E-state index contributed by atoms with van der Waals surface area (Å²) in [6, 6.07) is 0. The van der Waals surface area contributed by atoms with Crippen LogP contribution in [0.2, 0.25) is 0 Å². The quantitative estimate of drug-likeness (QED) is 0.283. The lowest BCUT2D eigenvalue weighted by atomic mass is 10.1. The Balaban J connectivity index is 3.37. The standard InChI is InChI=1S/C12H22O2/c1-5-6-9-13-14-10-12(4)8-7-11(2)3/h11-12H,5-6,9-10H2,1-4H3. The van der Waals surface area contributed by atoms with Gasteiger partial charge in [-0.1, -0.05) is 33.1 Å². The van der Waals surface area contributed by atoms with E-state index in [1.54, 1.807) is 0 Å². The number of hydrogen-bond donors (Lipinski definition) is 0. The summed E-state index contributed by atoms with van der Waals surface area (Å²) >= 11 is 0. The average molecular weight is 198 g/mol. The average Bonchev–Trinajstić information content (AvgIpc) is 2.14. The van der Waals surface area contributed by atoms with Crippen molar-refractivity contribution in [3.05, 3.63) is 0 Å². The summed E-state index contributed by atoms with van der Waals surface area (Å²) in [4.78, 5) is 10.0. The van der Waals surface area contributed by atoms with Gasteiger partial charge in [0.15, 0.2) is 0 Å². The Bertz CT molecular complexity index is 176. The maximum Gasteiger partial charge on any atom is 0.0957 e. The highest BCUT2D eigenvalue weighted by Gasteiger charge is 1.97. The zero-order valence-electron chi connectivity index (χ0n) is 9.80. The predicted octanol–water partition coefficient (Wildman–Crippen LogP) is 3.03. The van der Waals surface area contributed by atoms with Crippen LogP contribution in [0.5, 0.6) is 0 Å². The summed E-state index contributed by atoms with van der Waals surface area (Å²) in [5, 5.41) is 0. The van der Waals surface area contributed by atoms with E-state index in [0.717, 1.165) is 12.8 Å². The van der Waals surface area contributed by atoms with Crippen molar-refractivity contribution in [2.45, 2.75) is 40.5 Å². The number of hydrogen-bond acceptors (Lipinski definition) is 2. The highest BCUT2D eigenvalue weighted by Crippen LogP contribution is 1.97. The maximum atomic E-state index is 5.03. The summed E-state index contributed by atoms with van der Waals surface area (Å²) in [7, 11) is 0. The lowest BCUT2D eigenvalue weighted by Crippen LogP contribution is -2.05. The molecule has 0 rings (SSSR count). The van der Waals surface area contributed by atoms with Crippen LogP contribution in [-0.4, -0.2) is 13.2 Å². The van der Waals surface area contributed by atoms with Gasteiger partial charge in [-0.2, -0.15) is 0 Å². The van der Waals surface area contributed by atoms with Crippen molar-refractivity contribution in [1.29, 1.82) is 0 Å². The van der Waals surface area contributed by atoms with E-state index < -0.39 is 0 Å². The molecule has 0 N–H and O–H groups in total. The fourth-order valence-electron chi connectivity index (χ4n) is 0.763. The Morgan fingerprint density at radius 2 is 1.79 bits per heavy atom. The largest absolute Gasteiger partial charge is 0.237 e. The Hall–Kier alpha value is -0.520. The molecule has 0 aromatic heterocycles. The van der Waals surface area contributed by atoms with Gasteiger partial charge in [0.25, 0.3) is 0 Å². The zero-order valence-corrected chi connectivity index (χ0v) is 9.80. The molecule has 0 aromatic rings. The smallest absolute Gasteiger partial charge is 0.0957 e. The molecule has 0 bridgehead atoms. The molecule has 2 heteroatoms. The monoisotopic (exact) mass is 198 g/mol. The first-order valence-corrected chi connectivity index (χ1v) is 5.42. The van der Waals surface area contributed by atoms with E-state index in [4.69, 9.17) is 9.78 Å². The van der Waals surface area contributed by atoms with Crippen LogP contribution >= 0.6 is 0 Å². The van der Waals surface area contributed by atoms with Crippen molar-refractivity contribution >= 4 is 0 Å². The molecule has 0 saturated heterocycles. The van der Waals surface area contributed by atoms with Crippen molar-refractivity contribution in [1.82, 2.24) is 0 Å². The van der Waals surface area contributed by atoms with Crippen LogP contribution in [-0.2, 0) is 9.78 Å². The highest BCUT2D eigenvalue weighted by atomic mass is 17.2. The molecule has 0 amide bonds. The van der Waals surface area contributed by atoms with Gasteiger partial charge in [-0.15, -0.1) is 5.92 Å². The first-order valence-electron chi connectivity index (χ1n) is 5.42. The topological polar surface area (TPSA) is 18.5 Å². The second kappa shape index (κ2) is 9.05. The predicted molar refractivity (Wildman–Crippen MR) is 58.6 cm³/mol. The maximum absolute atomic E-state index is 5.03. The van der Waals surface area contributed by atoms with Crippen LogP contribution in [0.1, 0.15) is 40.5 Å². The molecule has 0 fully saturated rings. The minimum atomic E-state index is 0.249. The van der Waals surface area contributed by atoms with Crippen molar-refractivity contribution < 1.29 is 9.78 Å². The normalized spacial score (nSPS) is 12.4. The van der Waals surface area contributed by atoms with Gasteiger partial charge in [0, 0.05) is 11.8 Å². The minimum absolute atomic E-state index is 0.249. The molecular weight excluding hydrogens is 176 g/mol. The van der Waals surface area contributed by atoms with Gasteiger partial charge >= 0.3 is 0 Å². The van der Waals surface area contributed by atoms with Crippen molar-refractivity contribution in [2.24, 2.45) is 11.8 Å². The van der Waals surface area contributed by atoms with Gasteiger partial charge in [-0.3, -0.25) is 0 Å². The van der Waals surface area contributed by atoms with E-state index in [-0.39, 0.29) is 5.92 Å². The van der Waals surface area contributed by atoms with Crippen molar-refractivity contribution in [3.63, 3.8) is 0 Å². The van der Waals surface area contributed by atoms with Crippen LogP contribution in [0, 0.1) is 23.7 Å². The van der Waals surface area contributed by atoms with E-state index in [9.17, 15) is 0 Å². The Kier molecular flexibility index (Phi) is 8.72. The lowest BCUT2D eigenvalue weighted by molar-refractivity contribution is -0.298. The third-order valence-corrected chi connectivity index (χ3v) is 1.60. The molecular formula is C12H22O2. The van der Waals surface area contributed by atoms with Crippen molar-refractivity contribution in [3.8, 4) is 11.8 Å². The van der Waals surface area contributed by atoms with E-state index in [2.05, 4.69) is 32.6 Å². The molecule has 0 spiro atoms. The van der Waals surface area contributed by atoms with Gasteiger partial charge in [-0.05, 0) is 13.3 Å². The second-order valence-corrected chi connectivity index (χ2v) is 3.80. The Morgan fingerprint density at radius 3 is 2.36 bits per heavy atom. The van der Waals surface area contributed by atoms with Crippen LogP contribution in [0.25, 0.3) is 0 Å². The molecule has 2 nitrogen and oxygen atoms in total. The molecule has 0 aromatic carbocycles. The molecule has 0 heterocycles. The van der Waals surface area contributed by atoms with E-state index >= 15 is 0 Å². The fourth-order valence-corrected chi connectivity index (χ4v) is 0.763. The Labute approximate surface area is 87.9 Å². The third-order valence-electron chi connectivity index (χ3n) is 1.60. The van der Waals surface area contributed by atoms with Crippen LogP contribution in [0.15, 0.2) is 0 Å². The van der Waals surface area contributed by atoms with E-state index in [1.807, 2.05) is 6.92 Å². The van der Waals surface area contributed by atoms with Gasteiger partial charge in [0.2, 0.25) is 0 Å². The SMILES string of the molecule is CCCCOOCC(C)C#CC(C)C. The van der Waals surface area contributed by atoms with Gasteiger partial charge < -0.3 is 0 Å². The molecule has 1 unspecified atom stereocenters. The summed E-state index contributed by atoms with van der Waals surface area (Å²) in [6.07, 6.45) is 2.18. The minimum Gasteiger partial charge on any atom is -0.237 e. The first-order chi connectivity index (χ1) is 6.66. The molecule has 0 saturated carbocycles. The highest BCUT2D eigenvalue weighted by molar-refractivity contribution is 5.04. The van der Waals surface area contributed by atoms with Crippen molar-refractivity contribution in [2.75, 3.05) is 13.2 Å². The molecule has 14 heavy (non-hydrogen) atoms. The second-order valence-electron chi connectivity index (χ2n) is 3.80. The summed E-state index contributed by atoms with van der Waals surface area (Å²) in [6.45, 7) is 9.57. The molecule has 0 aliphatic heterocycles. The van der Waals surface area contributed by atoms with Crippen LogP contribution in [0.4, 0.5) is 0 Å². The molecule has 0 aliphatic rings. The van der Waals surface area contributed by atoms with E-state index in [1.165, 1.54) is 0 Å². The van der Waals surface area contributed by atoms with Gasteiger partial charge in [-0.25, -0.2) is 9.78 Å². The van der Waals surface area contributed by atoms with Crippen LogP contribution < -0.4 is 0 Å². The van der Waals surface area contributed by atoms with Gasteiger partial charge in [0.05, 0.1) is 13.2 Å². The molecule has 0 radical (unpaired) electrons. The molecule has 82 valence electrons. The zero-order chi connectivity index (χ0) is 10.8.